The Morgan fingerprint density at radius 2 is 1.76 bits per heavy atom. The first-order valence-corrected chi connectivity index (χ1v) is 9.60. The summed E-state index contributed by atoms with van der Waals surface area (Å²) in [5, 5.41) is 7.08. The van der Waals surface area contributed by atoms with E-state index in [1.54, 1.807) is 6.20 Å². The molecule has 0 radical (unpaired) electrons. The molecule has 0 saturated carbocycles. The van der Waals surface area contributed by atoms with Crippen LogP contribution in [0.25, 0.3) is 0 Å². The predicted molar refractivity (Wildman–Crippen MR) is 95.9 cm³/mol. The number of H-pyrrole nitrogens is 1. The number of carbonyl (C=O) groups is 2. The van der Waals surface area contributed by atoms with Crippen LogP contribution >= 0.6 is 0 Å². The van der Waals surface area contributed by atoms with Crippen molar-refractivity contribution in [1.29, 1.82) is 0 Å². The van der Waals surface area contributed by atoms with Crippen molar-refractivity contribution in [3.05, 3.63) is 18.0 Å². The second-order valence-corrected chi connectivity index (χ2v) is 7.86. The summed E-state index contributed by atoms with van der Waals surface area (Å²) in [6.07, 6.45) is 6.02. The van der Waals surface area contributed by atoms with Gasteiger partial charge in [0.2, 0.25) is 11.8 Å². The van der Waals surface area contributed by atoms with Gasteiger partial charge in [-0.05, 0) is 37.7 Å². The van der Waals surface area contributed by atoms with E-state index in [9.17, 15) is 9.59 Å². The van der Waals surface area contributed by atoms with Gasteiger partial charge < -0.3 is 9.80 Å². The molecule has 2 aliphatic heterocycles. The van der Waals surface area contributed by atoms with E-state index in [1.165, 1.54) is 5.69 Å². The fraction of sp³-hybridized carbons (Fsp3) is 0.737. The fourth-order valence-corrected chi connectivity index (χ4v) is 4.02. The standard InChI is InChI=1S/C19H30N4O2/c1-14(2)13-18(24)22-9-6-16(7-10-22)19(25)23-11-4-15(5-12-23)17-3-8-20-21-17/h3,8,14-16H,4-7,9-13H2,1-2H3,(H,20,21). The molecule has 0 aliphatic carbocycles. The topological polar surface area (TPSA) is 69.3 Å². The maximum atomic E-state index is 12.8. The van der Waals surface area contributed by atoms with E-state index in [1.807, 2.05) is 15.9 Å². The van der Waals surface area contributed by atoms with Crippen LogP contribution in [0, 0.1) is 11.8 Å². The molecule has 2 amide bonds. The highest BCUT2D eigenvalue weighted by atomic mass is 16.2. The molecule has 1 N–H and O–H groups in total. The molecule has 138 valence electrons. The van der Waals surface area contributed by atoms with Crippen LogP contribution in [0.4, 0.5) is 0 Å². The van der Waals surface area contributed by atoms with Gasteiger partial charge in [0, 0.05) is 56.3 Å². The van der Waals surface area contributed by atoms with Gasteiger partial charge in [0.05, 0.1) is 0 Å². The van der Waals surface area contributed by atoms with E-state index in [2.05, 4.69) is 24.0 Å². The number of carbonyl (C=O) groups excluding carboxylic acids is 2. The van der Waals surface area contributed by atoms with Crippen molar-refractivity contribution < 1.29 is 9.59 Å². The summed E-state index contributed by atoms with van der Waals surface area (Å²) in [4.78, 5) is 28.9. The Bertz CT molecular complexity index is 568. The normalized spacial score (nSPS) is 20.3. The molecule has 1 aromatic rings. The van der Waals surface area contributed by atoms with Crippen LogP contribution in [0.3, 0.4) is 0 Å². The third-order valence-electron chi connectivity index (χ3n) is 5.55. The van der Waals surface area contributed by atoms with Crippen molar-refractivity contribution >= 4 is 11.8 Å². The number of amides is 2. The first-order chi connectivity index (χ1) is 12.0. The predicted octanol–water partition coefficient (Wildman–Crippen LogP) is 2.40. The molecule has 2 aliphatic rings. The molecule has 0 unspecified atom stereocenters. The van der Waals surface area contributed by atoms with Gasteiger partial charge in [-0.3, -0.25) is 14.7 Å². The molecule has 25 heavy (non-hydrogen) atoms. The molecule has 0 bridgehead atoms. The highest BCUT2D eigenvalue weighted by Crippen LogP contribution is 2.28. The zero-order valence-corrected chi connectivity index (χ0v) is 15.4. The molecule has 6 nitrogen and oxygen atoms in total. The van der Waals surface area contributed by atoms with Crippen LogP contribution in [-0.2, 0) is 9.59 Å². The lowest BCUT2D eigenvalue weighted by Crippen LogP contribution is -2.46. The molecule has 3 heterocycles. The van der Waals surface area contributed by atoms with Crippen molar-refractivity contribution in [2.45, 2.75) is 51.9 Å². The zero-order chi connectivity index (χ0) is 17.8. The van der Waals surface area contributed by atoms with Crippen LogP contribution in [0.15, 0.2) is 12.3 Å². The maximum absolute atomic E-state index is 12.8. The van der Waals surface area contributed by atoms with Gasteiger partial charge >= 0.3 is 0 Å². The monoisotopic (exact) mass is 346 g/mol. The Morgan fingerprint density at radius 1 is 1.12 bits per heavy atom. The summed E-state index contributed by atoms with van der Waals surface area (Å²) in [5.41, 5.74) is 1.18. The van der Waals surface area contributed by atoms with Gasteiger partial charge in [-0.1, -0.05) is 13.8 Å². The van der Waals surface area contributed by atoms with E-state index < -0.39 is 0 Å². The van der Waals surface area contributed by atoms with Crippen LogP contribution in [0.5, 0.6) is 0 Å². The third-order valence-corrected chi connectivity index (χ3v) is 5.55. The number of aromatic nitrogens is 2. The summed E-state index contributed by atoms with van der Waals surface area (Å²) < 4.78 is 0. The number of nitrogens with zero attached hydrogens (tertiary/aromatic N) is 3. The number of hydrogen-bond donors (Lipinski definition) is 1. The number of piperidine rings is 2. The van der Waals surface area contributed by atoms with Crippen LogP contribution < -0.4 is 0 Å². The molecule has 1 aromatic heterocycles. The van der Waals surface area contributed by atoms with E-state index >= 15 is 0 Å². The van der Waals surface area contributed by atoms with Crippen molar-refractivity contribution in [3.63, 3.8) is 0 Å². The summed E-state index contributed by atoms with van der Waals surface area (Å²) in [5.74, 6) is 1.50. The molecule has 0 spiro atoms. The average molecular weight is 346 g/mol. The van der Waals surface area contributed by atoms with E-state index in [-0.39, 0.29) is 11.8 Å². The number of hydrogen-bond acceptors (Lipinski definition) is 3. The number of nitrogens with one attached hydrogen (secondary N) is 1. The number of likely N-dealkylation sites (tertiary alicyclic amines) is 2. The molecule has 0 aromatic carbocycles. The smallest absolute Gasteiger partial charge is 0.225 e. The van der Waals surface area contributed by atoms with Crippen LogP contribution in [-0.4, -0.2) is 58.0 Å². The van der Waals surface area contributed by atoms with Gasteiger partial charge in [0.25, 0.3) is 0 Å². The van der Waals surface area contributed by atoms with Gasteiger partial charge in [0.15, 0.2) is 0 Å². The first kappa shape index (κ1) is 18.0. The van der Waals surface area contributed by atoms with E-state index in [0.717, 1.165) is 51.9 Å². The highest BCUT2D eigenvalue weighted by molar-refractivity contribution is 5.80. The molecule has 2 fully saturated rings. The Kier molecular flexibility index (Phi) is 5.76. The van der Waals surface area contributed by atoms with Crippen molar-refractivity contribution in [1.82, 2.24) is 20.0 Å². The maximum Gasteiger partial charge on any atom is 0.225 e. The quantitative estimate of drug-likeness (QED) is 0.910. The van der Waals surface area contributed by atoms with Crippen LogP contribution in [0.2, 0.25) is 0 Å². The van der Waals surface area contributed by atoms with Gasteiger partial charge in [-0.2, -0.15) is 5.10 Å². The second kappa shape index (κ2) is 8.02. The Hall–Kier alpha value is -1.85. The molecule has 6 heteroatoms. The van der Waals surface area contributed by atoms with Crippen molar-refractivity contribution in [2.24, 2.45) is 11.8 Å². The average Bonchev–Trinajstić information content (AvgIpc) is 3.15. The fourth-order valence-electron chi connectivity index (χ4n) is 4.02. The Morgan fingerprint density at radius 3 is 2.32 bits per heavy atom. The molecular weight excluding hydrogens is 316 g/mol. The number of aromatic amines is 1. The lowest BCUT2D eigenvalue weighted by molar-refractivity contribution is -0.141. The van der Waals surface area contributed by atoms with E-state index in [0.29, 0.717) is 24.2 Å². The Balaban J connectivity index is 1.45. The van der Waals surface area contributed by atoms with Crippen molar-refractivity contribution in [3.8, 4) is 0 Å². The van der Waals surface area contributed by atoms with Gasteiger partial charge in [-0.25, -0.2) is 0 Å². The summed E-state index contributed by atoms with van der Waals surface area (Å²) in [7, 11) is 0. The lowest BCUT2D eigenvalue weighted by atomic mass is 9.90. The highest BCUT2D eigenvalue weighted by Gasteiger charge is 2.32. The third kappa shape index (κ3) is 4.41. The molecule has 2 saturated heterocycles. The van der Waals surface area contributed by atoms with Gasteiger partial charge in [-0.15, -0.1) is 0 Å². The Labute approximate surface area is 149 Å². The zero-order valence-electron chi connectivity index (χ0n) is 15.4. The first-order valence-electron chi connectivity index (χ1n) is 9.60. The minimum absolute atomic E-state index is 0.0896. The minimum Gasteiger partial charge on any atom is -0.343 e. The van der Waals surface area contributed by atoms with Crippen molar-refractivity contribution in [2.75, 3.05) is 26.2 Å². The molecule has 0 atom stereocenters. The summed E-state index contributed by atoms with van der Waals surface area (Å²) in [6.45, 7) is 7.26. The lowest BCUT2D eigenvalue weighted by Gasteiger charge is -2.37. The van der Waals surface area contributed by atoms with Gasteiger partial charge in [0.1, 0.15) is 0 Å². The summed E-state index contributed by atoms with van der Waals surface area (Å²) in [6, 6.07) is 2.03. The van der Waals surface area contributed by atoms with E-state index in [4.69, 9.17) is 0 Å². The summed E-state index contributed by atoms with van der Waals surface area (Å²) >= 11 is 0. The molecule has 3 rings (SSSR count). The number of rotatable bonds is 4. The van der Waals surface area contributed by atoms with Crippen LogP contribution in [0.1, 0.15) is 57.6 Å². The second-order valence-electron chi connectivity index (χ2n) is 7.86. The largest absolute Gasteiger partial charge is 0.343 e. The SMILES string of the molecule is CC(C)CC(=O)N1CCC(C(=O)N2CCC(c3ccn[nH]3)CC2)CC1. The minimum atomic E-state index is 0.0896. The molecular formula is C19H30N4O2.